The highest BCUT2D eigenvalue weighted by atomic mass is 16.4. The molecule has 4 N–H and O–H groups in total. The molecule has 82 valence electrons. The maximum atomic E-state index is 11.5. The van der Waals surface area contributed by atoms with Gasteiger partial charge >= 0.3 is 0 Å². The van der Waals surface area contributed by atoms with Crippen molar-refractivity contribution in [1.29, 1.82) is 0 Å². The van der Waals surface area contributed by atoms with Gasteiger partial charge in [0.2, 0.25) is 0 Å². The Hall–Kier alpha value is -1.98. The van der Waals surface area contributed by atoms with Gasteiger partial charge in [-0.15, -0.1) is 0 Å². The van der Waals surface area contributed by atoms with Gasteiger partial charge in [0.1, 0.15) is 12.1 Å². The van der Waals surface area contributed by atoms with Crippen LogP contribution in [0.1, 0.15) is 23.7 Å². The number of hydrogen-bond acceptors (Lipinski definition) is 4. The molecule has 0 radical (unpaired) electrons. The zero-order chi connectivity index (χ0) is 11.3. The van der Waals surface area contributed by atoms with Gasteiger partial charge in [0.15, 0.2) is 0 Å². The SMILES string of the molecule is CC(CC(N)=NO)NC(=O)c1ccoc1. The van der Waals surface area contributed by atoms with Gasteiger partial charge in [-0.3, -0.25) is 4.79 Å². The fourth-order valence-electron chi connectivity index (χ4n) is 1.11. The summed E-state index contributed by atoms with van der Waals surface area (Å²) in [5, 5.41) is 13.8. The minimum atomic E-state index is -0.248. The Balaban J connectivity index is 2.45. The molecule has 1 heterocycles. The second-order valence-electron chi connectivity index (χ2n) is 3.18. The molecule has 1 atom stereocenters. The summed E-state index contributed by atoms with van der Waals surface area (Å²) in [5.74, 6) is -0.169. The lowest BCUT2D eigenvalue weighted by atomic mass is 10.2. The van der Waals surface area contributed by atoms with Crippen molar-refractivity contribution in [3.8, 4) is 0 Å². The standard InChI is InChI=1S/C9H13N3O3/c1-6(4-8(10)12-14)11-9(13)7-2-3-15-5-7/h2-3,5-6,14H,4H2,1H3,(H2,10,12)(H,11,13). The number of rotatable bonds is 4. The second-order valence-corrected chi connectivity index (χ2v) is 3.18. The molecule has 0 bridgehead atoms. The van der Waals surface area contributed by atoms with Crippen LogP contribution in [0.25, 0.3) is 0 Å². The molecule has 15 heavy (non-hydrogen) atoms. The molecule has 1 unspecified atom stereocenters. The second kappa shape index (κ2) is 5.04. The van der Waals surface area contributed by atoms with Crippen LogP contribution < -0.4 is 11.1 Å². The van der Waals surface area contributed by atoms with E-state index in [0.29, 0.717) is 12.0 Å². The topological polar surface area (TPSA) is 101 Å². The zero-order valence-electron chi connectivity index (χ0n) is 8.30. The van der Waals surface area contributed by atoms with E-state index >= 15 is 0 Å². The molecule has 1 aromatic heterocycles. The smallest absolute Gasteiger partial charge is 0.254 e. The molecular formula is C9H13N3O3. The number of amides is 1. The average Bonchev–Trinajstić information content (AvgIpc) is 2.70. The van der Waals surface area contributed by atoms with Crippen molar-refractivity contribution in [3.05, 3.63) is 24.2 Å². The summed E-state index contributed by atoms with van der Waals surface area (Å²) < 4.78 is 4.77. The van der Waals surface area contributed by atoms with E-state index in [1.54, 1.807) is 13.0 Å². The highest BCUT2D eigenvalue weighted by molar-refractivity contribution is 5.94. The number of nitrogens with two attached hydrogens (primary N) is 1. The molecule has 6 heteroatoms. The van der Waals surface area contributed by atoms with Crippen LogP contribution in [0, 0.1) is 0 Å². The van der Waals surface area contributed by atoms with E-state index in [2.05, 4.69) is 10.5 Å². The Bertz CT molecular complexity index is 345. The first-order valence-corrected chi connectivity index (χ1v) is 4.43. The minimum absolute atomic E-state index is 0.0787. The first-order chi connectivity index (χ1) is 7.13. The van der Waals surface area contributed by atoms with Crippen LogP contribution in [0.15, 0.2) is 28.2 Å². The first-order valence-electron chi connectivity index (χ1n) is 4.43. The fourth-order valence-corrected chi connectivity index (χ4v) is 1.11. The molecule has 0 saturated heterocycles. The predicted octanol–water partition coefficient (Wildman–Crippen LogP) is 0.534. The van der Waals surface area contributed by atoms with Gasteiger partial charge in [-0.1, -0.05) is 5.16 Å². The lowest BCUT2D eigenvalue weighted by Gasteiger charge is -2.11. The Kier molecular flexibility index (Phi) is 3.73. The van der Waals surface area contributed by atoms with E-state index in [0.717, 1.165) is 0 Å². The van der Waals surface area contributed by atoms with E-state index in [1.165, 1.54) is 12.5 Å². The molecule has 0 saturated carbocycles. The number of furan rings is 1. The maximum absolute atomic E-state index is 11.5. The van der Waals surface area contributed by atoms with Crippen molar-refractivity contribution < 1.29 is 14.4 Å². The number of carbonyl (C=O) groups excluding carboxylic acids is 1. The van der Waals surface area contributed by atoms with Gasteiger partial charge in [-0.05, 0) is 13.0 Å². The maximum Gasteiger partial charge on any atom is 0.254 e. The molecular weight excluding hydrogens is 198 g/mol. The number of hydrogen-bond donors (Lipinski definition) is 3. The van der Waals surface area contributed by atoms with Crippen molar-refractivity contribution in [1.82, 2.24) is 5.32 Å². The van der Waals surface area contributed by atoms with E-state index in [-0.39, 0.29) is 17.8 Å². The Morgan fingerprint density at radius 2 is 2.53 bits per heavy atom. The largest absolute Gasteiger partial charge is 0.472 e. The van der Waals surface area contributed by atoms with Gasteiger partial charge in [0, 0.05) is 12.5 Å². The van der Waals surface area contributed by atoms with Crippen LogP contribution in [0.3, 0.4) is 0 Å². The van der Waals surface area contributed by atoms with Gasteiger partial charge in [-0.2, -0.15) is 0 Å². The molecule has 6 nitrogen and oxygen atoms in total. The molecule has 1 amide bonds. The van der Waals surface area contributed by atoms with E-state index in [4.69, 9.17) is 15.4 Å². The Morgan fingerprint density at radius 3 is 3.07 bits per heavy atom. The molecule has 0 aromatic carbocycles. The summed E-state index contributed by atoms with van der Waals surface area (Å²) in [4.78, 5) is 11.5. The third-order valence-corrected chi connectivity index (χ3v) is 1.80. The van der Waals surface area contributed by atoms with Crippen molar-refractivity contribution in [2.75, 3.05) is 0 Å². The molecule has 0 aliphatic carbocycles. The summed E-state index contributed by atoms with van der Waals surface area (Å²) in [6.07, 6.45) is 3.06. The van der Waals surface area contributed by atoms with Crippen LogP contribution in [0.2, 0.25) is 0 Å². The van der Waals surface area contributed by atoms with Crippen LogP contribution in [-0.4, -0.2) is 23.0 Å². The van der Waals surface area contributed by atoms with Crippen LogP contribution in [0.5, 0.6) is 0 Å². The fraction of sp³-hybridized carbons (Fsp3) is 0.333. The van der Waals surface area contributed by atoms with E-state index in [1.807, 2.05) is 0 Å². The molecule has 0 aliphatic heterocycles. The first kappa shape index (κ1) is 11.1. The van der Waals surface area contributed by atoms with Gasteiger partial charge in [0.25, 0.3) is 5.91 Å². The van der Waals surface area contributed by atoms with Gasteiger partial charge in [0.05, 0.1) is 11.8 Å². The minimum Gasteiger partial charge on any atom is -0.472 e. The molecule has 0 spiro atoms. The number of amidine groups is 1. The van der Waals surface area contributed by atoms with Crippen LogP contribution in [0.4, 0.5) is 0 Å². The van der Waals surface area contributed by atoms with Gasteiger partial charge in [-0.25, -0.2) is 0 Å². The number of oxime groups is 1. The van der Waals surface area contributed by atoms with E-state index < -0.39 is 0 Å². The lowest BCUT2D eigenvalue weighted by molar-refractivity contribution is 0.0940. The third kappa shape index (κ3) is 3.34. The molecule has 0 aliphatic rings. The molecule has 0 fully saturated rings. The number of nitrogens with zero attached hydrogens (tertiary/aromatic N) is 1. The summed E-state index contributed by atoms with van der Waals surface area (Å²) in [6.45, 7) is 1.76. The predicted molar refractivity (Wildman–Crippen MR) is 53.7 cm³/mol. The highest BCUT2D eigenvalue weighted by Gasteiger charge is 2.11. The summed E-state index contributed by atoms with van der Waals surface area (Å²) in [6, 6.07) is 1.36. The van der Waals surface area contributed by atoms with Crippen molar-refractivity contribution in [2.24, 2.45) is 10.9 Å². The van der Waals surface area contributed by atoms with Crippen molar-refractivity contribution in [2.45, 2.75) is 19.4 Å². The quantitative estimate of drug-likeness (QED) is 0.293. The summed E-state index contributed by atoms with van der Waals surface area (Å²) >= 11 is 0. The monoisotopic (exact) mass is 211 g/mol. The average molecular weight is 211 g/mol. The van der Waals surface area contributed by atoms with Gasteiger partial charge < -0.3 is 20.7 Å². The van der Waals surface area contributed by atoms with E-state index in [9.17, 15) is 4.79 Å². The summed E-state index contributed by atoms with van der Waals surface area (Å²) in [5.41, 5.74) is 5.74. The molecule has 1 rings (SSSR count). The van der Waals surface area contributed by atoms with Crippen LogP contribution >= 0.6 is 0 Å². The highest BCUT2D eigenvalue weighted by Crippen LogP contribution is 2.01. The Labute approximate surface area is 86.7 Å². The summed E-state index contributed by atoms with van der Waals surface area (Å²) in [7, 11) is 0. The number of nitrogens with one attached hydrogen (secondary N) is 1. The number of carbonyl (C=O) groups is 1. The van der Waals surface area contributed by atoms with Crippen molar-refractivity contribution in [3.63, 3.8) is 0 Å². The normalized spacial score (nSPS) is 13.5. The molecule has 1 aromatic rings. The Morgan fingerprint density at radius 1 is 1.80 bits per heavy atom. The van der Waals surface area contributed by atoms with Crippen LogP contribution in [-0.2, 0) is 0 Å². The zero-order valence-corrected chi connectivity index (χ0v) is 8.30. The lowest BCUT2D eigenvalue weighted by Crippen LogP contribution is -2.35. The van der Waals surface area contributed by atoms with Crippen molar-refractivity contribution >= 4 is 11.7 Å². The third-order valence-electron chi connectivity index (χ3n) is 1.80.